The van der Waals surface area contributed by atoms with Gasteiger partial charge in [-0.05, 0) is 43.6 Å². The molecule has 1 saturated heterocycles. The number of nitrogens with one attached hydrogen (secondary N) is 3. The van der Waals surface area contributed by atoms with E-state index in [9.17, 15) is 22.8 Å². The molecule has 0 aliphatic carbocycles. The van der Waals surface area contributed by atoms with Crippen LogP contribution in [0.15, 0.2) is 22.8 Å². The van der Waals surface area contributed by atoms with Gasteiger partial charge in [0.25, 0.3) is 5.91 Å². The summed E-state index contributed by atoms with van der Waals surface area (Å²) in [6.07, 6.45) is -4.28. The van der Waals surface area contributed by atoms with Crippen molar-refractivity contribution in [3.8, 4) is 0 Å². The maximum absolute atomic E-state index is 12.0. The van der Waals surface area contributed by atoms with Crippen LogP contribution < -0.4 is 10.6 Å². The summed E-state index contributed by atoms with van der Waals surface area (Å²) in [5, 5.41) is 12.7. The molecule has 3 N–H and O–H groups in total. The first-order valence-electron chi connectivity index (χ1n) is 10.6. The van der Waals surface area contributed by atoms with E-state index in [1.165, 1.54) is 0 Å². The van der Waals surface area contributed by atoms with E-state index in [0.29, 0.717) is 31.2 Å². The topological polar surface area (TPSA) is 138 Å². The van der Waals surface area contributed by atoms with Gasteiger partial charge in [0.1, 0.15) is 11.5 Å². The number of fused-ring (bicyclic) bond motifs is 1. The van der Waals surface area contributed by atoms with Crippen LogP contribution in [0.5, 0.6) is 0 Å². The maximum Gasteiger partial charge on any atom is 0.416 e. The van der Waals surface area contributed by atoms with E-state index in [0.717, 1.165) is 37.6 Å². The lowest BCUT2D eigenvalue weighted by Gasteiger charge is -2.25. The molecule has 2 aromatic heterocycles. The quantitative estimate of drug-likeness (QED) is 0.476. The normalized spacial score (nSPS) is 14.0. The number of ether oxygens (including phenoxy) is 1. The highest BCUT2D eigenvalue weighted by Crippen LogP contribution is 2.31. The number of carbonyl (C=O) groups excluding carboxylic acids is 2. The first-order chi connectivity index (χ1) is 16.4. The second-order valence-corrected chi connectivity index (χ2v) is 8.28. The molecule has 0 atom stereocenters. The van der Waals surface area contributed by atoms with Crippen LogP contribution in [0.4, 0.5) is 18.0 Å². The van der Waals surface area contributed by atoms with Crippen molar-refractivity contribution in [1.82, 2.24) is 35.8 Å². The van der Waals surface area contributed by atoms with Gasteiger partial charge in [-0.1, -0.05) is 11.2 Å². The molecule has 0 spiro atoms. The average molecular weight is 497 g/mol. The molecule has 190 valence electrons. The molecule has 4 rings (SSSR count). The maximum atomic E-state index is 12.0. The predicted molar refractivity (Wildman–Crippen MR) is 117 cm³/mol. The van der Waals surface area contributed by atoms with Crippen molar-refractivity contribution in [3.05, 3.63) is 41.0 Å². The van der Waals surface area contributed by atoms with Crippen molar-refractivity contribution < 1.29 is 32.1 Å². The van der Waals surface area contributed by atoms with Gasteiger partial charge in [0.2, 0.25) is 0 Å². The van der Waals surface area contributed by atoms with Gasteiger partial charge in [0.15, 0.2) is 11.3 Å². The van der Waals surface area contributed by atoms with Crippen LogP contribution in [0.3, 0.4) is 0 Å². The summed E-state index contributed by atoms with van der Waals surface area (Å²) in [6, 6.07) is 5.76. The van der Waals surface area contributed by atoms with Gasteiger partial charge in [0, 0.05) is 26.7 Å². The van der Waals surface area contributed by atoms with Crippen molar-refractivity contribution >= 4 is 23.0 Å². The van der Waals surface area contributed by atoms with E-state index < -0.39 is 11.8 Å². The van der Waals surface area contributed by atoms with Crippen LogP contribution in [-0.4, -0.2) is 69.1 Å². The third kappa shape index (κ3) is 6.26. The number of carbonyl (C=O) groups is 2. The molecular weight excluding hydrogens is 471 g/mol. The lowest BCUT2D eigenvalue weighted by atomic mass is 10.1. The van der Waals surface area contributed by atoms with Crippen LogP contribution in [0.1, 0.15) is 41.4 Å². The van der Waals surface area contributed by atoms with Gasteiger partial charge < -0.3 is 25.3 Å². The number of urea groups is 1. The molecule has 3 aromatic rings. The Kier molecular flexibility index (Phi) is 7.63. The Labute approximate surface area is 198 Å². The third-order valence-electron chi connectivity index (χ3n) is 5.39. The van der Waals surface area contributed by atoms with E-state index in [1.807, 2.05) is 18.2 Å². The molecule has 14 heteroatoms. The fourth-order valence-electron chi connectivity index (χ4n) is 2.98. The van der Waals surface area contributed by atoms with Gasteiger partial charge in [-0.15, -0.1) is 0 Å². The molecule has 35 heavy (non-hydrogen) atoms. The molecule has 0 bridgehead atoms. The number of amides is 3. The Balaban J connectivity index is 0.000000327. The minimum Gasteiger partial charge on any atom is -0.369 e. The third-order valence-corrected chi connectivity index (χ3v) is 5.39. The summed E-state index contributed by atoms with van der Waals surface area (Å²) in [6.45, 7) is 5.76. The van der Waals surface area contributed by atoms with Crippen molar-refractivity contribution in [2.75, 3.05) is 20.2 Å². The van der Waals surface area contributed by atoms with Crippen LogP contribution in [-0.2, 0) is 17.8 Å². The predicted octanol–water partition coefficient (Wildman–Crippen LogP) is 2.68. The number of aryl methyl sites for hydroxylation is 1. The van der Waals surface area contributed by atoms with Crippen molar-refractivity contribution in [3.63, 3.8) is 0 Å². The fraction of sp³-hybridized carbons (Fsp3) is 0.476. The first-order valence-corrected chi connectivity index (χ1v) is 10.6. The van der Waals surface area contributed by atoms with Crippen LogP contribution in [0.25, 0.3) is 11.0 Å². The largest absolute Gasteiger partial charge is 0.416 e. The van der Waals surface area contributed by atoms with Crippen molar-refractivity contribution in [1.29, 1.82) is 0 Å². The molecular formula is C21H26F3N7O4. The van der Waals surface area contributed by atoms with Gasteiger partial charge in [-0.3, -0.25) is 4.79 Å². The van der Waals surface area contributed by atoms with Crippen LogP contribution >= 0.6 is 0 Å². The number of hydrogen-bond donors (Lipinski definition) is 3. The monoisotopic (exact) mass is 497 g/mol. The second kappa shape index (κ2) is 10.3. The number of rotatable bonds is 6. The molecule has 1 aliphatic heterocycles. The summed E-state index contributed by atoms with van der Waals surface area (Å²) in [5.74, 6) is 0.253. The zero-order valence-electron chi connectivity index (χ0n) is 19.6. The minimum atomic E-state index is -4.28. The molecule has 0 unspecified atom stereocenters. The van der Waals surface area contributed by atoms with Crippen molar-refractivity contribution in [2.24, 2.45) is 0 Å². The Hall–Kier alpha value is -3.68. The van der Waals surface area contributed by atoms with E-state index in [4.69, 9.17) is 0 Å². The van der Waals surface area contributed by atoms with E-state index >= 15 is 0 Å². The second-order valence-electron chi connectivity index (χ2n) is 8.28. The SMILES string of the molecule is COC(C)(C)C(F)(F)F.Cc1nonc1C(=O)NCc1nc2ccc(CN3CCNC3=O)cc2[nH]1. The highest BCUT2D eigenvalue weighted by atomic mass is 19.4. The van der Waals surface area contributed by atoms with Crippen LogP contribution in [0, 0.1) is 6.92 Å². The Morgan fingerprint density at radius 1 is 1.29 bits per heavy atom. The molecule has 3 heterocycles. The van der Waals surface area contributed by atoms with Gasteiger partial charge in [-0.25, -0.2) is 14.4 Å². The molecule has 1 fully saturated rings. The summed E-state index contributed by atoms with van der Waals surface area (Å²) in [5.41, 5.74) is 1.23. The summed E-state index contributed by atoms with van der Waals surface area (Å²) < 4.78 is 43.8. The lowest BCUT2D eigenvalue weighted by molar-refractivity contribution is -0.255. The number of methoxy groups -OCH3 is 1. The summed E-state index contributed by atoms with van der Waals surface area (Å²) in [4.78, 5) is 33.1. The van der Waals surface area contributed by atoms with Gasteiger partial charge in [-0.2, -0.15) is 13.2 Å². The molecule has 1 aliphatic rings. The number of aromatic amines is 1. The Morgan fingerprint density at radius 2 is 2.03 bits per heavy atom. The minimum absolute atomic E-state index is 0.0456. The Morgan fingerprint density at radius 3 is 2.57 bits per heavy atom. The standard InChI is InChI=1S/C16H17N7O3.C5H9F3O/c1-9-14(22-26-21-9)15(24)18-7-13-19-11-3-2-10(6-12(11)20-13)8-23-5-4-17-16(23)25;1-4(2,9-3)5(6,7)8/h2-3,6H,4-5,7-8H2,1H3,(H,17,25)(H,18,24)(H,19,20);1-3H3. The zero-order valence-corrected chi connectivity index (χ0v) is 19.6. The molecule has 3 amide bonds. The fourth-order valence-corrected chi connectivity index (χ4v) is 2.98. The number of aromatic nitrogens is 4. The highest BCUT2D eigenvalue weighted by molar-refractivity contribution is 5.92. The van der Waals surface area contributed by atoms with E-state index in [1.54, 1.807) is 11.8 Å². The van der Waals surface area contributed by atoms with E-state index in [2.05, 4.69) is 40.3 Å². The number of H-pyrrole nitrogens is 1. The van der Waals surface area contributed by atoms with E-state index in [-0.39, 0.29) is 24.2 Å². The molecule has 0 radical (unpaired) electrons. The zero-order chi connectivity index (χ0) is 25.8. The number of halogens is 3. The van der Waals surface area contributed by atoms with Gasteiger partial charge >= 0.3 is 12.2 Å². The molecule has 1 aromatic carbocycles. The first kappa shape index (κ1) is 25.9. The van der Waals surface area contributed by atoms with Crippen molar-refractivity contribution in [2.45, 2.75) is 45.6 Å². The lowest BCUT2D eigenvalue weighted by Crippen LogP contribution is -2.40. The highest BCUT2D eigenvalue weighted by Gasteiger charge is 2.47. The smallest absolute Gasteiger partial charge is 0.369 e. The number of benzene rings is 1. The van der Waals surface area contributed by atoms with Crippen LogP contribution in [0.2, 0.25) is 0 Å². The number of nitrogens with zero attached hydrogens (tertiary/aromatic N) is 4. The number of alkyl halides is 3. The Bertz CT molecular complexity index is 1190. The number of imidazole rings is 1. The molecule has 11 nitrogen and oxygen atoms in total. The summed E-state index contributed by atoms with van der Waals surface area (Å²) in [7, 11) is 1.04. The molecule has 0 saturated carbocycles. The average Bonchev–Trinajstić information content (AvgIpc) is 3.51. The van der Waals surface area contributed by atoms with Gasteiger partial charge in [0.05, 0.1) is 17.6 Å². The summed E-state index contributed by atoms with van der Waals surface area (Å²) >= 11 is 0. The number of hydrogen-bond acceptors (Lipinski definition) is 7.